The number of aromatic hydroxyl groups is 1. The summed E-state index contributed by atoms with van der Waals surface area (Å²) in [5.41, 5.74) is 2.82. The maximum Gasteiger partial charge on any atom is 0.195 e. The lowest BCUT2D eigenvalue weighted by Gasteiger charge is -2.14. The van der Waals surface area contributed by atoms with Crippen LogP contribution in [0.5, 0.6) is 11.5 Å². The van der Waals surface area contributed by atoms with Gasteiger partial charge in [0, 0.05) is 15.9 Å². The van der Waals surface area contributed by atoms with Crippen molar-refractivity contribution in [3.05, 3.63) is 56.5 Å². The van der Waals surface area contributed by atoms with E-state index in [1.807, 2.05) is 26.0 Å². The summed E-state index contributed by atoms with van der Waals surface area (Å²) in [6.07, 6.45) is 0.593. The van der Waals surface area contributed by atoms with E-state index >= 15 is 0 Å². The number of hydrogen-bond donors (Lipinski definition) is 2. The molecule has 0 bridgehead atoms. The van der Waals surface area contributed by atoms with Crippen molar-refractivity contribution in [2.24, 2.45) is 0 Å². The number of rotatable bonds is 7. The van der Waals surface area contributed by atoms with Gasteiger partial charge in [-0.3, -0.25) is 4.79 Å². The number of aliphatic hydroxyl groups is 1. The Morgan fingerprint density at radius 2 is 2.00 bits per heavy atom. The molecule has 0 spiro atoms. The van der Waals surface area contributed by atoms with Crippen LogP contribution in [0.2, 0.25) is 5.02 Å². The minimum atomic E-state index is -0.550. The van der Waals surface area contributed by atoms with E-state index in [1.54, 1.807) is 18.2 Å². The molecular weight excluding hydrogens is 408 g/mol. The molecule has 0 amide bonds. The van der Waals surface area contributed by atoms with E-state index in [9.17, 15) is 9.90 Å². The summed E-state index contributed by atoms with van der Waals surface area (Å²) < 4.78 is 6.10. The van der Waals surface area contributed by atoms with Gasteiger partial charge in [0.15, 0.2) is 5.78 Å². The fourth-order valence-electron chi connectivity index (χ4n) is 2.42. The molecule has 4 nitrogen and oxygen atoms in total. The predicted octanol–water partition coefficient (Wildman–Crippen LogP) is 4.46. The largest absolute Gasteiger partial charge is 0.508 e. The molecule has 6 heteroatoms. The maximum atomic E-state index is 11.1. The third kappa shape index (κ3) is 5.21. The first kappa shape index (κ1) is 19.8. The lowest BCUT2D eigenvalue weighted by Crippen LogP contribution is -2.14. The van der Waals surface area contributed by atoms with Gasteiger partial charge in [-0.25, -0.2) is 0 Å². The van der Waals surface area contributed by atoms with Gasteiger partial charge < -0.3 is 14.9 Å². The fraction of sp³-hybridized carbons (Fsp3) is 0.316. The van der Waals surface area contributed by atoms with Crippen molar-refractivity contribution in [1.29, 1.82) is 0 Å². The Balaban J connectivity index is 2.23. The molecular formula is C19H20BrClO4. The van der Waals surface area contributed by atoms with Gasteiger partial charge in [-0.2, -0.15) is 0 Å². The van der Waals surface area contributed by atoms with Crippen LogP contribution in [-0.2, 0) is 11.2 Å². The number of Topliss-reactive ketones (excluding diaryl/α,β-unsaturated/α-hetero) is 1. The number of carbonyl (C=O) groups excluding carboxylic acids is 1. The van der Waals surface area contributed by atoms with Crippen molar-refractivity contribution in [2.75, 3.05) is 13.2 Å². The van der Waals surface area contributed by atoms with Crippen molar-refractivity contribution in [2.45, 2.75) is 26.2 Å². The standard InChI is InChI=1S/C19H20BrClO4/c1-11(2)15-5-12(3-4-19(15)24)6-16-17(20)7-14(8-18(16)21)25-10-13(23)9-22/h3-5,7-8,11,22,24H,6,9-10H2,1-2H3. The highest BCUT2D eigenvalue weighted by Crippen LogP contribution is 2.34. The van der Waals surface area contributed by atoms with Crippen LogP contribution in [0.3, 0.4) is 0 Å². The van der Waals surface area contributed by atoms with E-state index in [-0.39, 0.29) is 12.5 Å². The first-order chi connectivity index (χ1) is 11.8. The number of phenolic OH excluding ortho intramolecular Hbond substituents is 1. The van der Waals surface area contributed by atoms with Crippen LogP contribution in [0.15, 0.2) is 34.8 Å². The summed E-state index contributed by atoms with van der Waals surface area (Å²) in [7, 11) is 0. The van der Waals surface area contributed by atoms with E-state index in [1.165, 1.54) is 0 Å². The molecule has 25 heavy (non-hydrogen) atoms. The average Bonchev–Trinajstić information content (AvgIpc) is 2.57. The van der Waals surface area contributed by atoms with Crippen LogP contribution in [0.25, 0.3) is 0 Å². The van der Waals surface area contributed by atoms with Gasteiger partial charge in [-0.15, -0.1) is 0 Å². The summed E-state index contributed by atoms with van der Waals surface area (Å²) in [6, 6.07) is 8.94. The summed E-state index contributed by atoms with van der Waals surface area (Å²) in [4.78, 5) is 11.1. The second kappa shape index (κ2) is 8.70. The average molecular weight is 428 g/mol. The molecule has 0 saturated carbocycles. The SMILES string of the molecule is CC(C)c1cc(Cc2c(Cl)cc(OCC(=O)CO)cc2Br)ccc1O. The summed E-state index contributed by atoms with van der Waals surface area (Å²) >= 11 is 9.87. The molecule has 0 aliphatic heterocycles. The van der Waals surface area contributed by atoms with E-state index < -0.39 is 12.4 Å². The summed E-state index contributed by atoms with van der Waals surface area (Å²) in [5.74, 6) is 0.567. The van der Waals surface area contributed by atoms with Gasteiger partial charge in [0.2, 0.25) is 0 Å². The van der Waals surface area contributed by atoms with E-state index in [4.69, 9.17) is 21.4 Å². The number of aliphatic hydroxyl groups excluding tert-OH is 1. The molecule has 0 saturated heterocycles. The molecule has 0 aliphatic rings. The van der Waals surface area contributed by atoms with Crippen molar-refractivity contribution in [3.8, 4) is 11.5 Å². The molecule has 2 N–H and O–H groups in total. The first-order valence-electron chi connectivity index (χ1n) is 7.87. The number of benzene rings is 2. The molecule has 0 radical (unpaired) electrons. The Bertz CT molecular complexity index is 751. The minimum Gasteiger partial charge on any atom is -0.508 e. The normalized spacial score (nSPS) is 11.0. The second-order valence-corrected chi connectivity index (χ2v) is 7.34. The van der Waals surface area contributed by atoms with E-state index in [2.05, 4.69) is 15.9 Å². The smallest absolute Gasteiger partial charge is 0.195 e. The van der Waals surface area contributed by atoms with Crippen LogP contribution in [0.1, 0.15) is 36.5 Å². The van der Waals surface area contributed by atoms with Gasteiger partial charge in [0.05, 0.1) is 0 Å². The fourth-order valence-corrected chi connectivity index (χ4v) is 3.39. The number of halogens is 2. The molecule has 0 aromatic heterocycles. The zero-order valence-corrected chi connectivity index (χ0v) is 16.4. The van der Waals surface area contributed by atoms with Gasteiger partial charge in [-0.05, 0) is 40.8 Å². The van der Waals surface area contributed by atoms with Crippen LogP contribution in [0.4, 0.5) is 0 Å². The Hall–Kier alpha value is -1.56. The highest BCUT2D eigenvalue weighted by atomic mass is 79.9. The topological polar surface area (TPSA) is 66.8 Å². The molecule has 2 aromatic carbocycles. The second-order valence-electron chi connectivity index (χ2n) is 6.08. The van der Waals surface area contributed by atoms with Crippen molar-refractivity contribution >= 4 is 33.3 Å². The van der Waals surface area contributed by atoms with E-state index in [0.29, 0.717) is 22.9 Å². The van der Waals surface area contributed by atoms with Crippen molar-refractivity contribution in [3.63, 3.8) is 0 Å². The number of ketones is 1. The Labute approximate surface area is 160 Å². The minimum absolute atomic E-state index is 0.200. The number of ether oxygens (including phenoxy) is 1. The highest BCUT2D eigenvalue weighted by Gasteiger charge is 2.13. The van der Waals surface area contributed by atoms with Crippen LogP contribution in [0, 0.1) is 0 Å². The third-order valence-electron chi connectivity index (χ3n) is 3.79. The first-order valence-corrected chi connectivity index (χ1v) is 9.04. The summed E-state index contributed by atoms with van der Waals surface area (Å²) in [6.45, 7) is 3.31. The predicted molar refractivity (Wildman–Crippen MR) is 102 cm³/mol. The Kier molecular flexibility index (Phi) is 6.87. The van der Waals surface area contributed by atoms with Gasteiger partial charge in [0.1, 0.15) is 24.7 Å². The lowest BCUT2D eigenvalue weighted by atomic mass is 9.96. The van der Waals surface area contributed by atoms with Gasteiger partial charge in [0.25, 0.3) is 0 Å². The Morgan fingerprint density at radius 1 is 1.28 bits per heavy atom. The molecule has 2 rings (SSSR count). The molecule has 0 unspecified atom stereocenters. The van der Waals surface area contributed by atoms with Crippen molar-refractivity contribution < 1.29 is 19.7 Å². The molecule has 0 heterocycles. The molecule has 0 atom stereocenters. The zero-order valence-electron chi connectivity index (χ0n) is 14.1. The monoisotopic (exact) mass is 426 g/mol. The van der Waals surface area contributed by atoms with Crippen LogP contribution >= 0.6 is 27.5 Å². The Morgan fingerprint density at radius 3 is 2.60 bits per heavy atom. The highest BCUT2D eigenvalue weighted by molar-refractivity contribution is 9.10. The van der Waals surface area contributed by atoms with Crippen LogP contribution in [-0.4, -0.2) is 29.2 Å². The maximum absolute atomic E-state index is 11.1. The molecule has 134 valence electrons. The number of hydrogen-bond acceptors (Lipinski definition) is 4. The molecule has 0 fully saturated rings. The van der Waals surface area contributed by atoms with Gasteiger partial charge >= 0.3 is 0 Å². The molecule has 0 aliphatic carbocycles. The van der Waals surface area contributed by atoms with Crippen molar-refractivity contribution in [1.82, 2.24) is 0 Å². The lowest BCUT2D eigenvalue weighted by molar-refractivity contribution is -0.123. The quantitative estimate of drug-likeness (QED) is 0.684. The number of phenols is 1. The van der Waals surface area contributed by atoms with E-state index in [0.717, 1.165) is 21.2 Å². The summed E-state index contributed by atoms with van der Waals surface area (Å²) in [5, 5.41) is 19.2. The zero-order chi connectivity index (χ0) is 18.6. The number of carbonyl (C=O) groups is 1. The van der Waals surface area contributed by atoms with Crippen LogP contribution < -0.4 is 4.74 Å². The third-order valence-corrected chi connectivity index (χ3v) is 4.83. The van der Waals surface area contributed by atoms with Gasteiger partial charge in [-0.1, -0.05) is 53.5 Å². The molecule has 2 aromatic rings.